The van der Waals surface area contributed by atoms with E-state index in [1.807, 2.05) is 43.6 Å². The second-order valence-electron chi connectivity index (χ2n) is 13.1. The molecule has 10 heteroatoms. The first-order chi connectivity index (χ1) is 25.0. The molecule has 1 aliphatic heterocycles. The molecule has 270 valence electrons. The van der Waals surface area contributed by atoms with Crippen LogP contribution in [0.25, 0.3) is 33.8 Å². The van der Waals surface area contributed by atoms with Crippen LogP contribution in [0, 0.1) is 6.92 Å². The van der Waals surface area contributed by atoms with Gasteiger partial charge in [0.15, 0.2) is 0 Å². The smallest absolute Gasteiger partial charge is 0.134 e. The van der Waals surface area contributed by atoms with E-state index in [1.54, 1.807) is 7.11 Å². The summed E-state index contributed by atoms with van der Waals surface area (Å²) >= 11 is 0. The van der Waals surface area contributed by atoms with Gasteiger partial charge in [-0.3, -0.25) is 4.21 Å². The van der Waals surface area contributed by atoms with Crippen molar-refractivity contribution in [3.63, 3.8) is 0 Å². The van der Waals surface area contributed by atoms with Crippen molar-refractivity contribution >= 4 is 39.2 Å². The van der Waals surface area contributed by atoms with Gasteiger partial charge in [-0.1, -0.05) is 38.5 Å². The number of benzene rings is 3. The Bertz CT molecular complexity index is 1950. The molecule has 9 nitrogen and oxygen atoms in total. The third-order valence-electron chi connectivity index (χ3n) is 9.37. The van der Waals surface area contributed by atoms with Gasteiger partial charge in [0, 0.05) is 43.9 Å². The predicted molar refractivity (Wildman–Crippen MR) is 208 cm³/mol. The van der Waals surface area contributed by atoms with E-state index in [4.69, 9.17) is 19.2 Å². The van der Waals surface area contributed by atoms with Crippen molar-refractivity contribution < 1.29 is 18.4 Å². The molecule has 0 spiro atoms. The summed E-state index contributed by atoms with van der Waals surface area (Å²) in [4.78, 5) is 16.3. The van der Waals surface area contributed by atoms with Crippen molar-refractivity contribution in [2.45, 2.75) is 70.1 Å². The molecule has 5 aromatic rings. The number of aromatic amines is 1. The van der Waals surface area contributed by atoms with Gasteiger partial charge in [0.2, 0.25) is 0 Å². The summed E-state index contributed by atoms with van der Waals surface area (Å²) in [7, 11) is 0.545. The van der Waals surface area contributed by atoms with Crippen molar-refractivity contribution in [2.75, 3.05) is 51.5 Å². The van der Waals surface area contributed by atoms with Gasteiger partial charge in [-0.2, -0.15) is 0 Å². The van der Waals surface area contributed by atoms with E-state index in [0.717, 1.165) is 119 Å². The first-order valence-electron chi connectivity index (χ1n) is 18.3. The second-order valence-corrected chi connectivity index (χ2v) is 14.5. The molecule has 51 heavy (non-hydrogen) atoms. The topological polar surface area (TPSA) is 94.5 Å². The van der Waals surface area contributed by atoms with Gasteiger partial charge in [0.25, 0.3) is 0 Å². The Morgan fingerprint density at radius 3 is 2.57 bits per heavy atom. The van der Waals surface area contributed by atoms with Gasteiger partial charge < -0.3 is 28.7 Å². The number of hydrogen-bond acceptors (Lipinski definition) is 7. The highest BCUT2D eigenvalue weighted by Crippen LogP contribution is 2.35. The molecule has 1 aliphatic rings. The van der Waals surface area contributed by atoms with E-state index in [1.165, 1.54) is 5.69 Å². The van der Waals surface area contributed by atoms with E-state index in [0.29, 0.717) is 25.6 Å². The SMILES string of the molecule is CCCCOCCOc1ccc(-c2ccc3c(c2)/C=C(/c2nc4ccc([S@](=O)Cc5c(C)ncn5CCC)cc4[nH]2)CCCN3CCOC)cc1. The zero-order chi connectivity index (χ0) is 35.6. The van der Waals surface area contributed by atoms with Crippen LogP contribution >= 0.6 is 0 Å². The van der Waals surface area contributed by atoms with Crippen LogP contribution in [0.15, 0.2) is 71.9 Å². The molecule has 1 atom stereocenters. The number of aryl methyl sites for hydroxylation is 2. The maximum Gasteiger partial charge on any atom is 0.134 e. The van der Waals surface area contributed by atoms with Crippen molar-refractivity contribution in [3.8, 4) is 16.9 Å². The molecule has 2 aromatic heterocycles. The van der Waals surface area contributed by atoms with Crippen LogP contribution < -0.4 is 9.64 Å². The number of aromatic nitrogens is 4. The third-order valence-corrected chi connectivity index (χ3v) is 10.7. The molecule has 1 N–H and O–H groups in total. The molecule has 3 aromatic carbocycles. The quantitative estimate of drug-likeness (QED) is 0.0969. The van der Waals surface area contributed by atoms with Crippen LogP contribution in [0.1, 0.15) is 68.7 Å². The number of hydrogen-bond donors (Lipinski definition) is 1. The number of methoxy groups -OCH3 is 1. The van der Waals surface area contributed by atoms with Gasteiger partial charge in [0.1, 0.15) is 18.2 Å². The molecular weight excluding hydrogens is 659 g/mol. The van der Waals surface area contributed by atoms with Crippen LogP contribution in [0.4, 0.5) is 5.69 Å². The molecular formula is C41H51N5O4S. The molecule has 0 radical (unpaired) electrons. The zero-order valence-corrected chi connectivity index (χ0v) is 31.3. The summed E-state index contributed by atoms with van der Waals surface area (Å²) in [5.74, 6) is 2.13. The number of nitrogens with one attached hydrogen (secondary N) is 1. The molecule has 0 bridgehead atoms. The van der Waals surface area contributed by atoms with Crippen LogP contribution in [0.3, 0.4) is 0 Å². The number of imidazole rings is 2. The number of anilines is 1. The van der Waals surface area contributed by atoms with Gasteiger partial charge in [0.05, 0.1) is 58.5 Å². The number of fused-ring (bicyclic) bond motifs is 2. The fourth-order valence-electron chi connectivity index (χ4n) is 6.53. The maximum absolute atomic E-state index is 13.6. The van der Waals surface area contributed by atoms with Crippen molar-refractivity contribution in [3.05, 3.63) is 89.8 Å². The fraction of sp³-hybridized carbons (Fsp3) is 0.415. The number of allylic oxidation sites excluding steroid dienone is 1. The van der Waals surface area contributed by atoms with Crippen LogP contribution in [0.2, 0.25) is 0 Å². The predicted octanol–water partition coefficient (Wildman–Crippen LogP) is 8.44. The minimum atomic E-state index is -1.21. The van der Waals surface area contributed by atoms with Gasteiger partial charge in [-0.15, -0.1) is 0 Å². The van der Waals surface area contributed by atoms with Gasteiger partial charge in [-0.25, -0.2) is 9.97 Å². The Kier molecular flexibility index (Phi) is 12.7. The molecule has 3 heterocycles. The van der Waals surface area contributed by atoms with E-state index in [-0.39, 0.29) is 0 Å². The molecule has 0 aliphatic carbocycles. The van der Waals surface area contributed by atoms with Crippen LogP contribution in [-0.2, 0) is 32.6 Å². The molecule has 0 unspecified atom stereocenters. The van der Waals surface area contributed by atoms with Crippen molar-refractivity contribution in [1.29, 1.82) is 0 Å². The first kappa shape index (κ1) is 36.5. The van der Waals surface area contributed by atoms with Crippen molar-refractivity contribution in [2.24, 2.45) is 0 Å². The summed E-state index contributed by atoms with van der Waals surface area (Å²) in [5, 5.41) is 0. The van der Waals surface area contributed by atoms with Crippen LogP contribution in [0.5, 0.6) is 5.75 Å². The lowest BCUT2D eigenvalue weighted by Gasteiger charge is -2.29. The summed E-state index contributed by atoms with van der Waals surface area (Å²) in [6.07, 6.45) is 9.21. The lowest BCUT2D eigenvalue weighted by molar-refractivity contribution is 0.0981. The normalized spacial score (nSPS) is 14.9. The van der Waals surface area contributed by atoms with E-state index in [2.05, 4.69) is 69.7 Å². The maximum atomic E-state index is 13.6. The molecule has 0 fully saturated rings. The summed E-state index contributed by atoms with van der Waals surface area (Å²) < 4.78 is 32.7. The average molecular weight is 710 g/mol. The lowest BCUT2D eigenvalue weighted by atomic mass is 9.96. The Morgan fingerprint density at radius 2 is 1.76 bits per heavy atom. The Labute approximate surface area is 304 Å². The highest BCUT2D eigenvalue weighted by Gasteiger charge is 2.19. The Hall–Kier alpha value is -4.25. The summed E-state index contributed by atoms with van der Waals surface area (Å²) in [5.41, 5.74) is 9.47. The first-order valence-corrected chi connectivity index (χ1v) is 19.6. The number of H-pyrrole nitrogens is 1. The molecule has 0 saturated carbocycles. The van der Waals surface area contributed by atoms with E-state index in [9.17, 15) is 4.21 Å². The number of unbranched alkanes of at least 4 members (excludes halogenated alkanes) is 1. The second kappa shape index (κ2) is 17.8. The van der Waals surface area contributed by atoms with Gasteiger partial charge in [-0.05, 0) is 103 Å². The summed E-state index contributed by atoms with van der Waals surface area (Å²) in [6, 6.07) is 20.9. The van der Waals surface area contributed by atoms with E-state index < -0.39 is 10.8 Å². The zero-order valence-electron chi connectivity index (χ0n) is 30.5. The monoisotopic (exact) mass is 709 g/mol. The highest BCUT2D eigenvalue weighted by molar-refractivity contribution is 7.84. The minimum Gasteiger partial charge on any atom is -0.491 e. The number of rotatable bonds is 17. The third kappa shape index (κ3) is 9.16. The van der Waals surface area contributed by atoms with Gasteiger partial charge >= 0.3 is 0 Å². The van der Waals surface area contributed by atoms with E-state index >= 15 is 0 Å². The fourth-order valence-corrected chi connectivity index (χ4v) is 7.79. The lowest BCUT2D eigenvalue weighted by Crippen LogP contribution is -2.29. The minimum absolute atomic E-state index is 0.437. The standard InChI is InChI=1S/C41H51N5O4S/c1-5-7-21-49-23-24-50-35-13-10-31(11-14-35)32-12-17-39-34(25-32)26-33(9-8-19-45(39)20-22-48-4)41-43-37-16-15-36(27-38(37)44-41)51(47)28-40-30(3)42-29-46(40)18-6-2/h10-17,25-27,29H,5-9,18-24,28H2,1-4H3,(H,43,44)/b33-26+/t51-/m1/s1. The number of nitrogens with zero attached hydrogens (tertiary/aromatic N) is 4. The summed E-state index contributed by atoms with van der Waals surface area (Å²) in [6.45, 7) is 11.5. The Morgan fingerprint density at radius 1 is 0.922 bits per heavy atom. The highest BCUT2D eigenvalue weighted by atomic mass is 32.2. The van der Waals surface area contributed by atoms with Crippen LogP contribution in [-0.4, -0.2) is 70.4 Å². The largest absolute Gasteiger partial charge is 0.491 e. The van der Waals surface area contributed by atoms with Crippen molar-refractivity contribution in [1.82, 2.24) is 19.5 Å². The number of ether oxygens (including phenoxy) is 3. The molecule has 0 saturated heterocycles. The average Bonchev–Trinajstić information content (AvgIpc) is 3.72. The Balaban J connectivity index is 1.25. The molecule has 6 rings (SSSR count). The molecule has 0 amide bonds.